The van der Waals surface area contributed by atoms with Crippen LogP contribution in [0.1, 0.15) is 29.9 Å². The van der Waals surface area contributed by atoms with Gasteiger partial charge < -0.3 is 9.47 Å². The molecule has 16 heavy (non-hydrogen) atoms. The van der Waals surface area contributed by atoms with E-state index in [4.69, 9.17) is 4.74 Å². The van der Waals surface area contributed by atoms with Crippen LogP contribution in [0.4, 0.5) is 0 Å². The van der Waals surface area contributed by atoms with Gasteiger partial charge in [0.1, 0.15) is 5.75 Å². The Hall–Kier alpha value is -1.51. The summed E-state index contributed by atoms with van der Waals surface area (Å²) in [6.07, 6.45) is 2.77. The zero-order valence-electron chi connectivity index (χ0n) is 9.66. The molecule has 0 atom stereocenters. The molecule has 0 amide bonds. The Balaban J connectivity index is 2.21. The molecule has 2 rings (SSSR count). The summed E-state index contributed by atoms with van der Waals surface area (Å²) in [7, 11) is 3.09. The van der Waals surface area contributed by atoms with Crippen molar-refractivity contribution in [1.29, 1.82) is 0 Å². The molecule has 0 spiro atoms. The Bertz CT molecular complexity index is 394. The van der Waals surface area contributed by atoms with E-state index in [0.29, 0.717) is 12.3 Å². The van der Waals surface area contributed by atoms with Crippen LogP contribution in [-0.4, -0.2) is 20.2 Å². The maximum Gasteiger partial charge on any atom is 0.309 e. The quantitative estimate of drug-likeness (QED) is 0.730. The molecule has 0 heterocycles. The number of methoxy groups -OCH3 is 2. The highest BCUT2D eigenvalue weighted by molar-refractivity contribution is 5.72. The Kier molecular flexibility index (Phi) is 3.13. The van der Waals surface area contributed by atoms with E-state index in [0.717, 1.165) is 11.3 Å². The first-order valence-electron chi connectivity index (χ1n) is 5.48. The molecule has 0 aliphatic heterocycles. The molecule has 0 bridgehead atoms. The summed E-state index contributed by atoms with van der Waals surface area (Å²) in [5, 5.41) is 0. The van der Waals surface area contributed by atoms with Gasteiger partial charge in [0, 0.05) is 0 Å². The van der Waals surface area contributed by atoms with E-state index in [1.54, 1.807) is 7.11 Å². The molecule has 0 saturated heterocycles. The van der Waals surface area contributed by atoms with Crippen LogP contribution in [-0.2, 0) is 16.0 Å². The zero-order chi connectivity index (χ0) is 11.5. The molecule has 1 saturated carbocycles. The van der Waals surface area contributed by atoms with Crippen molar-refractivity contribution < 1.29 is 14.3 Å². The van der Waals surface area contributed by atoms with E-state index in [-0.39, 0.29) is 5.97 Å². The maximum absolute atomic E-state index is 11.2. The van der Waals surface area contributed by atoms with Gasteiger partial charge in [-0.05, 0) is 36.0 Å². The van der Waals surface area contributed by atoms with Crippen LogP contribution in [0.2, 0.25) is 0 Å². The van der Waals surface area contributed by atoms with Gasteiger partial charge in [-0.3, -0.25) is 4.79 Å². The maximum atomic E-state index is 11.2. The van der Waals surface area contributed by atoms with Crippen molar-refractivity contribution in [2.45, 2.75) is 25.2 Å². The lowest BCUT2D eigenvalue weighted by Crippen LogP contribution is -2.05. The number of hydrogen-bond donors (Lipinski definition) is 0. The van der Waals surface area contributed by atoms with Crippen molar-refractivity contribution in [3.8, 4) is 5.75 Å². The summed E-state index contributed by atoms with van der Waals surface area (Å²) in [4.78, 5) is 11.2. The fourth-order valence-electron chi connectivity index (χ4n) is 1.85. The van der Waals surface area contributed by atoms with Gasteiger partial charge in [0.2, 0.25) is 0 Å². The van der Waals surface area contributed by atoms with Crippen LogP contribution >= 0.6 is 0 Å². The van der Waals surface area contributed by atoms with Crippen LogP contribution in [0.25, 0.3) is 0 Å². The first kappa shape index (κ1) is 11.0. The van der Waals surface area contributed by atoms with Crippen molar-refractivity contribution in [3.63, 3.8) is 0 Å². The van der Waals surface area contributed by atoms with Gasteiger partial charge in [0.15, 0.2) is 0 Å². The molecule has 1 aromatic rings. The van der Waals surface area contributed by atoms with Crippen molar-refractivity contribution in [1.82, 2.24) is 0 Å². The van der Waals surface area contributed by atoms with Crippen LogP contribution in [0.15, 0.2) is 18.2 Å². The second-order valence-electron chi connectivity index (χ2n) is 4.10. The number of esters is 1. The van der Waals surface area contributed by atoms with Crippen molar-refractivity contribution in [2.75, 3.05) is 14.2 Å². The molecule has 1 aromatic carbocycles. The molecular weight excluding hydrogens is 204 g/mol. The average Bonchev–Trinajstić information content (AvgIpc) is 3.12. The fourth-order valence-corrected chi connectivity index (χ4v) is 1.85. The van der Waals surface area contributed by atoms with Gasteiger partial charge >= 0.3 is 5.97 Å². The Morgan fingerprint density at radius 3 is 2.69 bits per heavy atom. The van der Waals surface area contributed by atoms with Crippen molar-refractivity contribution in [2.24, 2.45) is 0 Å². The number of rotatable bonds is 4. The third kappa shape index (κ3) is 2.35. The highest BCUT2D eigenvalue weighted by Gasteiger charge is 2.27. The number of carbonyl (C=O) groups excluding carboxylic acids is 1. The first-order chi connectivity index (χ1) is 7.74. The van der Waals surface area contributed by atoms with Crippen LogP contribution < -0.4 is 4.74 Å². The van der Waals surface area contributed by atoms with E-state index in [1.807, 2.05) is 12.1 Å². The Morgan fingerprint density at radius 2 is 2.12 bits per heavy atom. The second kappa shape index (κ2) is 4.56. The van der Waals surface area contributed by atoms with Gasteiger partial charge in [-0.25, -0.2) is 0 Å². The molecular formula is C13H16O3. The average molecular weight is 220 g/mol. The molecule has 0 unspecified atom stereocenters. The third-order valence-electron chi connectivity index (χ3n) is 2.89. The van der Waals surface area contributed by atoms with Crippen LogP contribution in [0.5, 0.6) is 5.75 Å². The molecule has 0 radical (unpaired) electrons. The summed E-state index contributed by atoms with van der Waals surface area (Å²) in [6.45, 7) is 0. The van der Waals surface area contributed by atoms with E-state index in [1.165, 1.54) is 25.5 Å². The lowest BCUT2D eigenvalue weighted by atomic mass is 10.0. The smallest absolute Gasteiger partial charge is 0.309 e. The summed E-state index contributed by atoms with van der Waals surface area (Å²) in [6, 6.07) is 5.92. The Labute approximate surface area is 95.4 Å². The molecule has 1 aliphatic carbocycles. The molecule has 1 fully saturated rings. The lowest BCUT2D eigenvalue weighted by Gasteiger charge is -2.09. The minimum Gasteiger partial charge on any atom is -0.496 e. The van der Waals surface area contributed by atoms with Crippen molar-refractivity contribution in [3.05, 3.63) is 29.3 Å². The predicted octanol–water partition coefficient (Wildman–Crippen LogP) is 2.29. The summed E-state index contributed by atoms with van der Waals surface area (Å²) >= 11 is 0. The summed E-state index contributed by atoms with van der Waals surface area (Å²) in [5.74, 6) is 1.34. The number of benzene rings is 1. The van der Waals surface area contributed by atoms with E-state index in [9.17, 15) is 4.79 Å². The molecule has 0 N–H and O–H groups in total. The highest BCUT2D eigenvalue weighted by atomic mass is 16.5. The molecule has 3 heteroatoms. The van der Waals surface area contributed by atoms with Crippen LogP contribution in [0.3, 0.4) is 0 Å². The van der Waals surface area contributed by atoms with E-state index < -0.39 is 0 Å². The first-order valence-corrected chi connectivity index (χ1v) is 5.48. The number of ether oxygens (including phenoxy) is 2. The van der Waals surface area contributed by atoms with Gasteiger partial charge in [-0.15, -0.1) is 0 Å². The lowest BCUT2D eigenvalue weighted by molar-refractivity contribution is -0.139. The largest absolute Gasteiger partial charge is 0.496 e. The predicted molar refractivity (Wildman–Crippen MR) is 60.7 cm³/mol. The molecule has 0 aromatic heterocycles. The number of hydrogen-bond acceptors (Lipinski definition) is 3. The Morgan fingerprint density at radius 1 is 1.38 bits per heavy atom. The monoisotopic (exact) mass is 220 g/mol. The normalized spacial score (nSPS) is 14.6. The highest BCUT2D eigenvalue weighted by Crippen LogP contribution is 2.44. The number of carbonyl (C=O) groups is 1. The minimum absolute atomic E-state index is 0.202. The topological polar surface area (TPSA) is 35.5 Å². The minimum atomic E-state index is -0.202. The van der Waals surface area contributed by atoms with Crippen molar-refractivity contribution >= 4 is 5.97 Å². The van der Waals surface area contributed by atoms with Gasteiger partial charge in [0.25, 0.3) is 0 Å². The standard InChI is InChI=1S/C13H16O3/c1-15-12-6-3-9(8-13(14)16-2)7-11(12)10-4-5-10/h3,6-7,10H,4-5,8H2,1-2H3. The van der Waals surface area contributed by atoms with Gasteiger partial charge in [-0.2, -0.15) is 0 Å². The SMILES string of the molecule is COC(=O)Cc1ccc(OC)c(C2CC2)c1. The summed E-state index contributed by atoms with van der Waals surface area (Å²) in [5.41, 5.74) is 2.22. The van der Waals surface area contributed by atoms with E-state index >= 15 is 0 Å². The molecule has 1 aliphatic rings. The second-order valence-corrected chi connectivity index (χ2v) is 4.10. The van der Waals surface area contributed by atoms with E-state index in [2.05, 4.69) is 10.8 Å². The fraction of sp³-hybridized carbons (Fsp3) is 0.462. The van der Waals surface area contributed by atoms with Gasteiger partial charge in [-0.1, -0.05) is 12.1 Å². The summed E-state index contributed by atoms with van der Waals surface area (Å²) < 4.78 is 9.97. The molecule has 86 valence electrons. The molecule has 3 nitrogen and oxygen atoms in total. The van der Waals surface area contributed by atoms with Crippen LogP contribution in [0, 0.1) is 0 Å². The third-order valence-corrected chi connectivity index (χ3v) is 2.89. The zero-order valence-corrected chi connectivity index (χ0v) is 9.66. The van der Waals surface area contributed by atoms with Gasteiger partial charge in [0.05, 0.1) is 20.6 Å².